The summed E-state index contributed by atoms with van der Waals surface area (Å²) in [6.45, 7) is 3.03. The fraction of sp³-hybridized carbons (Fsp3) is 0.632. The Balaban J connectivity index is 1.36. The number of nitrogens with zero attached hydrogens (tertiary/aromatic N) is 3. The van der Waals surface area contributed by atoms with Gasteiger partial charge in [-0.05, 0) is 36.3 Å². The number of carbonyl (C=O) groups excluding carboxylic acids is 3. The number of nitrogens with one attached hydrogen (secondary N) is 1. The standard InChI is InChI=1S/C19H28N4O3S/c1-21(2)19(26)22-9-4-14(5-10-22)18(25)20-8-3-17(24)23-11-6-16-15(13-23)7-12-27-16/h7,12,14H,3-6,8-11,13H2,1-2H3,(H,20,25). The molecule has 0 radical (unpaired) electrons. The van der Waals surface area contributed by atoms with Crippen molar-refractivity contribution in [1.29, 1.82) is 0 Å². The summed E-state index contributed by atoms with van der Waals surface area (Å²) in [5.74, 6) is 0.0201. The number of urea groups is 1. The van der Waals surface area contributed by atoms with Crippen LogP contribution < -0.4 is 5.32 Å². The van der Waals surface area contributed by atoms with Crippen molar-refractivity contribution in [1.82, 2.24) is 20.0 Å². The van der Waals surface area contributed by atoms with E-state index in [0.717, 1.165) is 13.0 Å². The van der Waals surface area contributed by atoms with Gasteiger partial charge in [0.1, 0.15) is 0 Å². The van der Waals surface area contributed by atoms with Crippen LogP contribution in [0.5, 0.6) is 0 Å². The van der Waals surface area contributed by atoms with E-state index in [9.17, 15) is 14.4 Å². The smallest absolute Gasteiger partial charge is 0.319 e. The molecule has 1 N–H and O–H groups in total. The first-order valence-corrected chi connectivity index (χ1v) is 10.4. The van der Waals surface area contributed by atoms with Gasteiger partial charge in [0.25, 0.3) is 0 Å². The maximum absolute atomic E-state index is 12.4. The molecule has 1 aromatic heterocycles. The number of amides is 4. The van der Waals surface area contributed by atoms with Crippen LogP contribution in [-0.4, -0.2) is 72.8 Å². The Bertz CT molecular complexity index is 695. The van der Waals surface area contributed by atoms with Crippen LogP contribution in [0.2, 0.25) is 0 Å². The average molecular weight is 393 g/mol. The Hall–Kier alpha value is -2.09. The highest BCUT2D eigenvalue weighted by atomic mass is 32.1. The molecule has 0 saturated carbocycles. The zero-order chi connectivity index (χ0) is 19.4. The lowest BCUT2D eigenvalue weighted by Gasteiger charge is -2.33. The molecule has 1 saturated heterocycles. The van der Waals surface area contributed by atoms with Crippen LogP contribution in [0, 0.1) is 5.92 Å². The molecule has 0 unspecified atom stereocenters. The van der Waals surface area contributed by atoms with Crippen LogP contribution in [0.4, 0.5) is 4.79 Å². The number of piperidine rings is 1. The van der Waals surface area contributed by atoms with E-state index in [2.05, 4.69) is 16.8 Å². The molecule has 0 aromatic carbocycles. The minimum atomic E-state index is -0.0744. The SMILES string of the molecule is CN(C)C(=O)N1CCC(C(=O)NCCC(=O)N2CCc3sccc3C2)CC1. The van der Waals surface area contributed by atoms with Crippen molar-refractivity contribution in [2.24, 2.45) is 5.92 Å². The number of rotatable bonds is 4. The molecule has 0 aliphatic carbocycles. The van der Waals surface area contributed by atoms with E-state index in [1.807, 2.05) is 4.90 Å². The minimum Gasteiger partial charge on any atom is -0.355 e. The third kappa shape index (κ3) is 4.80. The first-order valence-electron chi connectivity index (χ1n) is 9.52. The number of hydrogen-bond donors (Lipinski definition) is 1. The predicted molar refractivity (Wildman–Crippen MR) is 104 cm³/mol. The highest BCUT2D eigenvalue weighted by Gasteiger charge is 2.28. The van der Waals surface area contributed by atoms with Crippen LogP contribution in [-0.2, 0) is 22.6 Å². The second-order valence-corrected chi connectivity index (χ2v) is 8.41. The third-order valence-corrected chi connectivity index (χ3v) is 6.34. The molecule has 8 heteroatoms. The van der Waals surface area contributed by atoms with Crippen molar-refractivity contribution in [3.63, 3.8) is 0 Å². The molecular formula is C19H28N4O3S. The Morgan fingerprint density at radius 2 is 1.93 bits per heavy atom. The number of carbonyl (C=O) groups is 3. The highest BCUT2D eigenvalue weighted by molar-refractivity contribution is 7.10. The molecule has 27 heavy (non-hydrogen) atoms. The lowest BCUT2D eigenvalue weighted by molar-refractivity contribution is -0.132. The van der Waals surface area contributed by atoms with Gasteiger partial charge >= 0.3 is 6.03 Å². The Kier molecular flexibility index (Phi) is 6.36. The van der Waals surface area contributed by atoms with Crippen molar-refractivity contribution < 1.29 is 14.4 Å². The molecule has 3 rings (SSSR count). The Morgan fingerprint density at radius 3 is 2.63 bits per heavy atom. The molecule has 7 nitrogen and oxygen atoms in total. The average Bonchev–Trinajstić information content (AvgIpc) is 3.15. The molecule has 3 heterocycles. The molecule has 1 fully saturated rings. The van der Waals surface area contributed by atoms with Gasteiger partial charge < -0.3 is 20.0 Å². The maximum atomic E-state index is 12.4. The summed E-state index contributed by atoms with van der Waals surface area (Å²) in [5, 5.41) is 4.98. The first kappa shape index (κ1) is 19.7. The molecule has 2 aliphatic rings. The molecule has 148 valence electrons. The van der Waals surface area contributed by atoms with E-state index >= 15 is 0 Å². The summed E-state index contributed by atoms with van der Waals surface area (Å²) >= 11 is 1.76. The Morgan fingerprint density at radius 1 is 1.19 bits per heavy atom. The number of hydrogen-bond acceptors (Lipinski definition) is 4. The van der Waals surface area contributed by atoms with Gasteiger partial charge in [0.15, 0.2) is 0 Å². The van der Waals surface area contributed by atoms with Crippen LogP contribution >= 0.6 is 11.3 Å². The lowest BCUT2D eigenvalue weighted by Crippen LogP contribution is -2.46. The van der Waals surface area contributed by atoms with Crippen LogP contribution in [0.15, 0.2) is 11.4 Å². The van der Waals surface area contributed by atoms with Crippen molar-refractivity contribution in [3.8, 4) is 0 Å². The summed E-state index contributed by atoms with van der Waals surface area (Å²) in [4.78, 5) is 43.3. The van der Waals surface area contributed by atoms with Gasteiger partial charge in [0.2, 0.25) is 11.8 Å². The van der Waals surface area contributed by atoms with Crippen molar-refractivity contribution in [2.45, 2.75) is 32.2 Å². The molecule has 2 aliphatic heterocycles. The summed E-state index contributed by atoms with van der Waals surface area (Å²) in [7, 11) is 3.47. The Labute approximate surface area is 164 Å². The summed E-state index contributed by atoms with van der Waals surface area (Å²) in [6, 6.07) is 2.09. The second-order valence-electron chi connectivity index (χ2n) is 7.41. The summed E-state index contributed by atoms with van der Waals surface area (Å²) in [6.07, 6.45) is 2.61. The molecular weight excluding hydrogens is 364 g/mol. The van der Waals surface area contributed by atoms with E-state index in [1.165, 1.54) is 10.4 Å². The van der Waals surface area contributed by atoms with Crippen molar-refractivity contribution in [2.75, 3.05) is 40.3 Å². The molecule has 0 atom stereocenters. The topological polar surface area (TPSA) is 73.0 Å². The quantitative estimate of drug-likeness (QED) is 0.845. The first-order chi connectivity index (χ1) is 13.0. The zero-order valence-corrected chi connectivity index (χ0v) is 16.9. The molecule has 0 bridgehead atoms. The van der Waals surface area contributed by atoms with Gasteiger partial charge in [-0.1, -0.05) is 0 Å². The minimum absolute atomic E-state index is 0.00137. The van der Waals surface area contributed by atoms with Crippen LogP contribution in [0.25, 0.3) is 0 Å². The molecule has 1 aromatic rings. The van der Waals surface area contributed by atoms with E-state index in [4.69, 9.17) is 0 Å². The molecule has 0 spiro atoms. The van der Waals surface area contributed by atoms with Crippen molar-refractivity contribution >= 4 is 29.2 Å². The normalized spacial score (nSPS) is 17.4. The largest absolute Gasteiger partial charge is 0.355 e. The fourth-order valence-corrected chi connectivity index (χ4v) is 4.56. The van der Waals surface area contributed by atoms with Crippen molar-refractivity contribution in [3.05, 3.63) is 21.9 Å². The summed E-state index contributed by atoms with van der Waals surface area (Å²) < 4.78 is 0. The van der Waals surface area contributed by atoms with E-state index in [-0.39, 0.29) is 23.8 Å². The number of thiophene rings is 1. The number of likely N-dealkylation sites (tertiary alicyclic amines) is 1. The highest BCUT2D eigenvalue weighted by Crippen LogP contribution is 2.24. The monoisotopic (exact) mass is 392 g/mol. The third-order valence-electron chi connectivity index (χ3n) is 5.32. The summed E-state index contributed by atoms with van der Waals surface area (Å²) in [5.41, 5.74) is 1.25. The van der Waals surface area contributed by atoms with Gasteiger partial charge in [-0.3, -0.25) is 9.59 Å². The zero-order valence-electron chi connectivity index (χ0n) is 16.1. The van der Waals surface area contributed by atoms with E-state index in [0.29, 0.717) is 45.4 Å². The van der Waals surface area contributed by atoms with Gasteiger partial charge in [0.05, 0.1) is 0 Å². The predicted octanol–water partition coefficient (Wildman–Crippen LogP) is 1.53. The van der Waals surface area contributed by atoms with Crippen LogP contribution in [0.3, 0.4) is 0 Å². The number of fused-ring (bicyclic) bond motifs is 1. The maximum Gasteiger partial charge on any atom is 0.319 e. The lowest BCUT2D eigenvalue weighted by atomic mass is 9.96. The van der Waals surface area contributed by atoms with Gasteiger partial charge in [-0.15, -0.1) is 11.3 Å². The van der Waals surface area contributed by atoms with Gasteiger partial charge in [-0.2, -0.15) is 0 Å². The van der Waals surface area contributed by atoms with E-state index in [1.54, 1.807) is 35.2 Å². The van der Waals surface area contributed by atoms with Gasteiger partial charge in [-0.25, -0.2) is 4.79 Å². The van der Waals surface area contributed by atoms with E-state index < -0.39 is 0 Å². The van der Waals surface area contributed by atoms with Crippen LogP contribution in [0.1, 0.15) is 29.7 Å². The molecule has 4 amide bonds. The van der Waals surface area contributed by atoms with Gasteiger partial charge in [0, 0.05) is 64.0 Å². The fourth-order valence-electron chi connectivity index (χ4n) is 3.67. The second kappa shape index (κ2) is 8.73.